The molecular formula is C18H17BrN2O2. The van der Waals surface area contributed by atoms with Crippen molar-refractivity contribution in [2.24, 2.45) is 0 Å². The molecule has 118 valence electrons. The Morgan fingerprint density at radius 1 is 1.35 bits per heavy atom. The van der Waals surface area contributed by atoms with Crippen molar-refractivity contribution in [2.45, 2.75) is 27.2 Å². The smallest absolute Gasteiger partial charge is 0.243 e. The van der Waals surface area contributed by atoms with Gasteiger partial charge in [0.15, 0.2) is 5.78 Å². The first-order valence-electron chi connectivity index (χ1n) is 7.45. The molecule has 0 saturated heterocycles. The molecule has 0 amide bonds. The van der Waals surface area contributed by atoms with Crippen LogP contribution in [-0.4, -0.2) is 15.8 Å². The second-order valence-corrected chi connectivity index (χ2v) is 6.37. The summed E-state index contributed by atoms with van der Waals surface area (Å²) in [5, 5.41) is 0. The summed E-state index contributed by atoms with van der Waals surface area (Å²) in [5.41, 5.74) is 3.77. The number of H-pyrrole nitrogens is 1. The van der Waals surface area contributed by atoms with Crippen molar-refractivity contribution in [3.05, 3.63) is 63.1 Å². The van der Waals surface area contributed by atoms with Crippen LogP contribution >= 0.6 is 15.9 Å². The van der Waals surface area contributed by atoms with Crippen molar-refractivity contribution in [3.8, 4) is 11.6 Å². The Bertz CT molecular complexity index is 877. The lowest BCUT2D eigenvalue weighted by molar-refractivity contribution is 0.103. The van der Waals surface area contributed by atoms with Gasteiger partial charge in [-0.1, -0.05) is 35.0 Å². The van der Waals surface area contributed by atoms with Gasteiger partial charge in [-0.15, -0.1) is 0 Å². The molecule has 5 heteroatoms. The van der Waals surface area contributed by atoms with Gasteiger partial charge < -0.3 is 9.40 Å². The predicted molar refractivity (Wildman–Crippen MR) is 92.7 cm³/mol. The number of hydrogen-bond donors (Lipinski definition) is 1. The molecule has 0 bridgehead atoms. The van der Waals surface area contributed by atoms with E-state index >= 15 is 0 Å². The van der Waals surface area contributed by atoms with E-state index in [4.69, 9.17) is 4.42 Å². The van der Waals surface area contributed by atoms with Gasteiger partial charge in [0, 0.05) is 27.7 Å². The summed E-state index contributed by atoms with van der Waals surface area (Å²) in [7, 11) is 0. The fraction of sp³-hybridized carbons (Fsp3) is 0.222. The molecule has 3 rings (SSSR count). The summed E-state index contributed by atoms with van der Waals surface area (Å²) in [6.45, 7) is 5.82. The zero-order valence-electron chi connectivity index (χ0n) is 13.2. The zero-order chi connectivity index (χ0) is 16.6. The first-order valence-corrected chi connectivity index (χ1v) is 8.25. The summed E-state index contributed by atoms with van der Waals surface area (Å²) in [5.74, 6) is 1.34. The number of halogens is 1. The molecule has 0 unspecified atom stereocenters. The molecule has 0 saturated carbocycles. The van der Waals surface area contributed by atoms with Crippen molar-refractivity contribution >= 4 is 21.7 Å². The van der Waals surface area contributed by atoms with Crippen LogP contribution in [0.15, 0.2) is 39.4 Å². The summed E-state index contributed by atoms with van der Waals surface area (Å²) >= 11 is 3.41. The fourth-order valence-electron chi connectivity index (χ4n) is 2.67. The molecule has 2 aromatic heterocycles. The summed E-state index contributed by atoms with van der Waals surface area (Å²) in [6, 6.07) is 7.41. The van der Waals surface area contributed by atoms with Crippen LogP contribution in [-0.2, 0) is 6.42 Å². The monoisotopic (exact) mass is 372 g/mol. The molecule has 3 aromatic rings. The van der Waals surface area contributed by atoms with Crippen LogP contribution in [0.25, 0.3) is 11.6 Å². The van der Waals surface area contributed by atoms with Crippen molar-refractivity contribution in [1.82, 2.24) is 9.97 Å². The van der Waals surface area contributed by atoms with Gasteiger partial charge in [0.2, 0.25) is 5.89 Å². The maximum absolute atomic E-state index is 12.9. The largest absolute Gasteiger partial charge is 0.440 e. The third-order valence-corrected chi connectivity index (χ3v) is 4.36. The molecular weight excluding hydrogens is 356 g/mol. The van der Waals surface area contributed by atoms with Gasteiger partial charge in [0.05, 0.1) is 6.20 Å². The molecule has 0 atom stereocenters. The number of carbonyl (C=O) groups is 1. The van der Waals surface area contributed by atoms with Crippen LogP contribution in [0.3, 0.4) is 0 Å². The van der Waals surface area contributed by atoms with E-state index in [1.807, 2.05) is 45.0 Å². The highest BCUT2D eigenvalue weighted by atomic mass is 79.9. The van der Waals surface area contributed by atoms with Crippen LogP contribution in [0.5, 0.6) is 0 Å². The highest BCUT2D eigenvalue weighted by Crippen LogP contribution is 2.29. The summed E-state index contributed by atoms with van der Waals surface area (Å²) in [4.78, 5) is 20.4. The standard InChI is InChI=1S/C18H17BrN2O2/c1-4-14-9-20-18(23-14)16-10(2)15(11(3)21-16)17(22)12-6-5-7-13(19)8-12/h5-9,21H,4H2,1-3H3. The molecule has 2 heterocycles. The number of carbonyl (C=O) groups excluding carboxylic acids is 1. The third-order valence-electron chi connectivity index (χ3n) is 3.87. The lowest BCUT2D eigenvalue weighted by atomic mass is 10.00. The second kappa shape index (κ2) is 6.16. The molecule has 0 aliphatic heterocycles. The first-order chi connectivity index (χ1) is 11.0. The number of aromatic amines is 1. The minimum atomic E-state index is -0.00827. The van der Waals surface area contributed by atoms with Crippen molar-refractivity contribution in [1.29, 1.82) is 0 Å². The third kappa shape index (κ3) is 2.88. The van der Waals surface area contributed by atoms with Gasteiger partial charge >= 0.3 is 0 Å². The van der Waals surface area contributed by atoms with Crippen LogP contribution in [0.4, 0.5) is 0 Å². The van der Waals surface area contributed by atoms with Gasteiger partial charge in [-0.05, 0) is 31.5 Å². The molecule has 1 N–H and O–H groups in total. The lowest BCUT2D eigenvalue weighted by Gasteiger charge is -2.03. The van der Waals surface area contributed by atoms with E-state index in [0.717, 1.165) is 33.6 Å². The normalized spacial score (nSPS) is 11.0. The molecule has 1 aromatic carbocycles. The number of ketones is 1. The van der Waals surface area contributed by atoms with E-state index in [1.54, 1.807) is 6.20 Å². The number of hydrogen-bond acceptors (Lipinski definition) is 3. The minimum Gasteiger partial charge on any atom is -0.440 e. The van der Waals surface area contributed by atoms with Gasteiger partial charge in [0.1, 0.15) is 11.5 Å². The Kier molecular flexibility index (Phi) is 4.22. The number of aryl methyl sites for hydroxylation is 2. The predicted octanol–water partition coefficient (Wildman–Crippen LogP) is 4.84. The fourth-order valence-corrected chi connectivity index (χ4v) is 3.06. The number of benzene rings is 1. The van der Waals surface area contributed by atoms with Gasteiger partial charge in [0.25, 0.3) is 0 Å². The summed E-state index contributed by atoms with van der Waals surface area (Å²) < 4.78 is 6.60. The molecule has 0 spiro atoms. The van der Waals surface area contributed by atoms with E-state index in [-0.39, 0.29) is 5.78 Å². The average Bonchev–Trinajstić information content (AvgIpc) is 3.11. The van der Waals surface area contributed by atoms with Crippen LogP contribution in [0.1, 0.15) is 39.9 Å². The van der Waals surface area contributed by atoms with Gasteiger partial charge in [-0.3, -0.25) is 4.79 Å². The van der Waals surface area contributed by atoms with E-state index in [0.29, 0.717) is 17.0 Å². The Hall–Kier alpha value is -2.14. The number of rotatable bonds is 4. The van der Waals surface area contributed by atoms with Gasteiger partial charge in [-0.2, -0.15) is 0 Å². The molecule has 4 nitrogen and oxygen atoms in total. The molecule has 23 heavy (non-hydrogen) atoms. The lowest BCUT2D eigenvalue weighted by Crippen LogP contribution is -2.03. The van der Waals surface area contributed by atoms with Gasteiger partial charge in [-0.25, -0.2) is 4.98 Å². The van der Waals surface area contributed by atoms with Crippen molar-refractivity contribution in [2.75, 3.05) is 0 Å². The highest BCUT2D eigenvalue weighted by molar-refractivity contribution is 9.10. The number of aromatic nitrogens is 2. The Morgan fingerprint density at radius 3 is 2.78 bits per heavy atom. The van der Waals surface area contributed by atoms with E-state index in [2.05, 4.69) is 25.9 Å². The van der Waals surface area contributed by atoms with Crippen LogP contribution in [0, 0.1) is 13.8 Å². The SMILES string of the molecule is CCc1cnc(-c2[nH]c(C)c(C(=O)c3cccc(Br)c3)c2C)o1. The quantitative estimate of drug-likeness (QED) is 0.666. The van der Waals surface area contributed by atoms with Crippen molar-refractivity contribution < 1.29 is 9.21 Å². The van der Waals surface area contributed by atoms with Crippen LogP contribution in [0.2, 0.25) is 0 Å². The molecule has 0 radical (unpaired) electrons. The number of nitrogens with one attached hydrogen (secondary N) is 1. The molecule has 0 aliphatic rings. The first kappa shape index (κ1) is 15.7. The molecule has 0 fully saturated rings. The zero-order valence-corrected chi connectivity index (χ0v) is 14.8. The van der Waals surface area contributed by atoms with Crippen molar-refractivity contribution in [3.63, 3.8) is 0 Å². The molecule has 0 aliphatic carbocycles. The number of oxazole rings is 1. The number of nitrogens with zero attached hydrogens (tertiary/aromatic N) is 1. The Labute approximate surface area is 143 Å². The Balaban J connectivity index is 2.05. The Morgan fingerprint density at radius 2 is 2.13 bits per heavy atom. The highest BCUT2D eigenvalue weighted by Gasteiger charge is 2.22. The van der Waals surface area contributed by atoms with E-state index in [9.17, 15) is 4.79 Å². The van der Waals surface area contributed by atoms with E-state index in [1.165, 1.54) is 0 Å². The second-order valence-electron chi connectivity index (χ2n) is 5.45. The average molecular weight is 373 g/mol. The maximum atomic E-state index is 12.9. The van der Waals surface area contributed by atoms with E-state index < -0.39 is 0 Å². The topological polar surface area (TPSA) is 58.9 Å². The maximum Gasteiger partial charge on any atom is 0.243 e. The minimum absolute atomic E-state index is 0.00827. The summed E-state index contributed by atoms with van der Waals surface area (Å²) in [6.07, 6.45) is 2.51. The van der Waals surface area contributed by atoms with Crippen LogP contribution < -0.4 is 0 Å².